The number of rotatable bonds is 7. The van der Waals surface area contributed by atoms with Crippen LogP contribution < -0.4 is 10.1 Å². The topological polar surface area (TPSA) is 105 Å². The normalized spacial score (nSPS) is 17.0. The Balaban J connectivity index is 1.36. The van der Waals surface area contributed by atoms with Crippen LogP contribution in [0, 0.1) is 5.82 Å². The molecule has 36 heavy (non-hydrogen) atoms. The average Bonchev–Trinajstić information content (AvgIpc) is 3.12. The quantitative estimate of drug-likeness (QED) is 0.502. The minimum absolute atomic E-state index is 0.0381. The van der Waals surface area contributed by atoms with Crippen LogP contribution >= 0.6 is 27.7 Å². The van der Waals surface area contributed by atoms with Crippen molar-refractivity contribution in [2.24, 2.45) is 0 Å². The van der Waals surface area contributed by atoms with E-state index >= 15 is 0 Å². The zero-order valence-electron chi connectivity index (χ0n) is 18.9. The molecule has 9 nitrogen and oxygen atoms in total. The molecule has 2 saturated heterocycles. The van der Waals surface area contributed by atoms with E-state index in [9.17, 15) is 23.6 Å². The zero-order chi connectivity index (χ0) is 25.7. The van der Waals surface area contributed by atoms with E-state index in [2.05, 4.69) is 21.2 Å². The lowest BCUT2D eigenvalue weighted by molar-refractivity contribution is -0.137. The molecule has 4 amide bonds. The number of hydrogen-bond acceptors (Lipinski definition) is 7. The van der Waals surface area contributed by atoms with Gasteiger partial charge in [-0.3, -0.25) is 24.1 Å². The molecule has 0 atom stereocenters. The summed E-state index contributed by atoms with van der Waals surface area (Å²) in [5.74, 6) is -1.63. The molecule has 2 aromatic rings. The van der Waals surface area contributed by atoms with Gasteiger partial charge in [0.2, 0.25) is 5.91 Å². The monoisotopic (exact) mass is 577 g/mol. The van der Waals surface area contributed by atoms with Crippen LogP contribution in [0.25, 0.3) is 6.08 Å². The molecule has 2 aliphatic heterocycles. The number of imide groups is 1. The van der Waals surface area contributed by atoms with Crippen molar-refractivity contribution < 1.29 is 33.0 Å². The van der Waals surface area contributed by atoms with Gasteiger partial charge in [0.1, 0.15) is 18.1 Å². The fourth-order valence-electron chi connectivity index (χ4n) is 3.45. The van der Waals surface area contributed by atoms with Crippen LogP contribution in [-0.4, -0.2) is 72.2 Å². The first kappa shape index (κ1) is 25.9. The summed E-state index contributed by atoms with van der Waals surface area (Å²) in [7, 11) is 0. The Morgan fingerprint density at radius 3 is 2.64 bits per heavy atom. The third-order valence-electron chi connectivity index (χ3n) is 5.29. The van der Waals surface area contributed by atoms with Crippen molar-refractivity contribution >= 4 is 62.4 Å². The minimum atomic E-state index is -0.695. The molecule has 1 N–H and O–H groups in total. The molecule has 0 saturated carbocycles. The lowest BCUT2D eigenvalue weighted by atomic mass is 10.2. The van der Waals surface area contributed by atoms with Crippen LogP contribution in [0.3, 0.4) is 0 Å². The molecule has 0 unspecified atom stereocenters. The fraction of sp³-hybridized carbons (Fsp3) is 0.250. The Labute approximate surface area is 218 Å². The van der Waals surface area contributed by atoms with Gasteiger partial charge in [-0.05, 0) is 63.6 Å². The molecule has 0 aliphatic carbocycles. The summed E-state index contributed by atoms with van der Waals surface area (Å²) in [6, 6.07) is 10.6. The smallest absolute Gasteiger partial charge is 0.294 e. The summed E-state index contributed by atoms with van der Waals surface area (Å²) >= 11 is 4.11. The van der Waals surface area contributed by atoms with E-state index in [-0.39, 0.29) is 23.1 Å². The molecule has 0 spiro atoms. The summed E-state index contributed by atoms with van der Waals surface area (Å²) < 4.78 is 25.2. The van der Waals surface area contributed by atoms with Crippen molar-refractivity contribution in [1.29, 1.82) is 0 Å². The minimum Gasteiger partial charge on any atom is -0.483 e. The van der Waals surface area contributed by atoms with E-state index in [1.165, 1.54) is 24.3 Å². The van der Waals surface area contributed by atoms with Crippen LogP contribution in [0.4, 0.5) is 14.9 Å². The second-order valence-electron chi connectivity index (χ2n) is 7.77. The number of hydrogen-bond donors (Lipinski definition) is 1. The van der Waals surface area contributed by atoms with Crippen molar-refractivity contribution in [2.75, 3.05) is 44.8 Å². The van der Waals surface area contributed by atoms with Crippen molar-refractivity contribution in [3.63, 3.8) is 0 Å². The molecule has 4 rings (SSSR count). The number of morpholine rings is 1. The van der Waals surface area contributed by atoms with Gasteiger partial charge in [0, 0.05) is 13.1 Å². The van der Waals surface area contributed by atoms with E-state index in [0.717, 1.165) is 4.90 Å². The Morgan fingerprint density at radius 2 is 1.92 bits per heavy atom. The Hall–Kier alpha value is -3.22. The van der Waals surface area contributed by atoms with E-state index < -0.39 is 29.4 Å². The first-order valence-electron chi connectivity index (χ1n) is 10.9. The van der Waals surface area contributed by atoms with Gasteiger partial charge in [0.05, 0.1) is 28.3 Å². The largest absolute Gasteiger partial charge is 0.483 e. The second kappa shape index (κ2) is 11.7. The van der Waals surface area contributed by atoms with E-state index in [1.54, 1.807) is 29.2 Å². The summed E-state index contributed by atoms with van der Waals surface area (Å²) in [5, 5.41) is 1.75. The number of amides is 4. The van der Waals surface area contributed by atoms with E-state index in [1.807, 2.05) is 0 Å². The predicted molar refractivity (Wildman–Crippen MR) is 135 cm³/mol. The lowest BCUT2D eigenvalue weighted by Crippen LogP contribution is -2.43. The predicted octanol–water partition coefficient (Wildman–Crippen LogP) is 3.50. The number of thioether (sulfide) groups is 1. The van der Waals surface area contributed by atoms with Crippen molar-refractivity contribution in [3.8, 4) is 5.75 Å². The molecular formula is C24H21BrFN3O6S. The standard InChI is InChI=1S/C24H21BrFN3O6S/c25-16-11-15(5-6-19(16)35-14-22(31)28-7-9-34-10-8-28)12-20-23(32)29(24(33)36-20)13-21(30)27-18-4-2-1-3-17(18)26/h1-6,11-12H,7-10,13-14H2,(H,27,30)/b20-12-. The van der Waals surface area contributed by atoms with Crippen molar-refractivity contribution in [3.05, 3.63) is 63.2 Å². The number of carbonyl (C=O) groups is 4. The van der Waals surface area contributed by atoms with Crippen LogP contribution in [0.5, 0.6) is 5.75 Å². The molecular weight excluding hydrogens is 557 g/mol. The highest BCUT2D eigenvalue weighted by atomic mass is 79.9. The summed E-state index contributed by atoms with van der Waals surface area (Å²) in [5.41, 5.74) is 0.568. The SMILES string of the molecule is O=C(CN1C(=O)S/C(=C\c2ccc(OCC(=O)N3CCOCC3)c(Br)c2)C1=O)Nc1ccccc1F. The second-order valence-corrected chi connectivity index (χ2v) is 9.62. The highest BCUT2D eigenvalue weighted by molar-refractivity contribution is 9.10. The van der Waals surface area contributed by atoms with Gasteiger partial charge in [-0.15, -0.1) is 0 Å². The van der Waals surface area contributed by atoms with Gasteiger partial charge in [-0.2, -0.15) is 0 Å². The maximum absolute atomic E-state index is 13.7. The average molecular weight is 578 g/mol. The van der Waals surface area contributed by atoms with E-state index in [4.69, 9.17) is 9.47 Å². The number of benzene rings is 2. The van der Waals surface area contributed by atoms with Crippen LogP contribution in [0.15, 0.2) is 51.8 Å². The van der Waals surface area contributed by atoms with Crippen molar-refractivity contribution in [1.82, 2.24) is 9.80 Å². The molecule has 0 bridgehead atoms. The maximum atomic E-state index is 13.7. The molecule has 188 valence electrons. The molecule has 2 aliphatic rings. The van der Waals surface area contributed by atoms with Crippen LogP contribution in [0.2, 0.25) is 0 Å². The molecule has 0 radical (unpaired) electrons. The first-order chi connectivity index (χ1) is 17.3. The van der Waals surface area contributed by atoms with Gasteiger partial charge < -0.3 is 19.7 Å². The number of anilines is 1. The third-order valence-corrected chi connectivity index (χ3v) is 6.82. The molecule has 2 heterocycles. The number of nitrogens with zero attached hydrogens (tertiary/aromatic N) is 2. The number of nitrogens with one attached hydrogen (secondary N) is 1. The fourth-order valence-corrected chi connectivity index (χ4v) is 4.80. The van der Waals surface area contributed by atoms with E-state index in [0.29, 0.717) is 53.9 Å². The number of ether oxygens (including phenoxy) is 2. The van der Waals surface area contributed by atoms with Gasteiger partial charge in [0.15, 0.2) is 6.61 Å². The van der Waals surface area contributed by atoms with Crippen LogP contribution in [0.1, 0.15) is 5.56 Å². The van der Waals surface area contributed by atoms with Gasteiger partial charge >= 0.3 is 0 Å². The molecule has 2 fully saturated rings. The lowest BCUT2D eigenvalue weighted by Gasteiger charge is -2.26. The Bertz CT molecular complexity index is 1230. The highest BCUT2D eigenvalue weighted by Crippen LogP contribution is 2.34. The number of carbonyl (C=O) groups excluding carboxylic acids is 4. The first-order valence-corrected chi connectivity index (χ1v) is 12.5. The molecule has 0 aromatic heterocycles. The zero-order valence-corrected chi connectivity index (χ0v) is 21.3. The van der Waals surface area contributed by atoms with Gasteiger partial charge in [-0.1, -0.05) is 18.2 Å². The van der Waals surface area contributed by atoms with Gasteiger partial charge in [0.25, 0.3) is 17.1 Å². The highest BCUT2D eigenvalue weighted by Gasteiger charge is 2.36. The Kier molecular flexibility index (Phi) is 8.39. The number of para-hydroxylation sites is 1. The molecule has 12 heteroatoms. The molecule has 2 aromatic carbocycles. The van der Waals surface area contributed by atoms with Crippen molar-refractivity contribution in [2.45, 2.75) is 0 Å². The summed E-state index contributed by atoms with van der Waals surface area (Å²) in [4.78, 5) is 52.2. The Morgan fingerprint density at radius 1 is 1.17 bits per heavy atom. The third kappa shape index (κ3) is 6.31. The summed E-state index contributed by atoms with van der Waals surface area (Å²) in [6.45, 7) is 1.41. The summed E-state index contributed by atoms with van der Waals surface area (Å²) in [6.07, 6.45) is 1.52. The van der Waals surface area contributed by atoms with Crippen LogP contribution in [-0.2, 0) is 19.1 Å². The van der Waals surface area contributed by atoms with Gasteiger partial charge in [-0.25, -0.2) is 4.39 Å². The number of halogens is 2. The maximum Gasteiger partial charge on any atom is 0.294 e.